The van der Waals surface area contributed by atoms with Crippen molar-refractivity contribution in [2.24, 2.45) is 0 Å². The average molecular weight is 297 g/mol. The van der Waals surface area contributed by atoms with Crippen molar-refractivity contribution in [2.45, 2.75) is 18.4 Å². The third-order valence-corrected chi connectivity index (χ3v) is 4.68. The molecule has 2 aromatic heterocycles. The molecule has 2 aromatic rings. The van der Waals surface area contributed by atoms with E-state index in [1.807, 2.05) is 24.4 Å². The van der Waals surface area contributed by atoms with Crippen molar-refractivity contribution in [1.82, 2.24) is 9.71 Å². The highest BCUT2D eigenvalue weighted by molar-refractivity contribution is 7.89. The molecule has 0 unspecified atom stereocenters. The number of nitrogens with zero attached hydrogens (tertiary/aromatic N) is 1. The van der Waals surface area contributed by atoms with Crippen LogP contribution in [-0.2, 0) is 16.6 Å². The Morgan fingerprint density at radius 3 is 2.74 bits per heavy atom. The number of pyridine rings is 1. The zero-order valence-corrected chi connectivity index (χ0v) is 12.1. The summed E-state index contributed by atoms with van der Waals surface area (Å²) in [7, 11) is -3.50. The highest BCUT2D eigenvalue weighted by Crippen LogP contribution is 2.13. The lowest BCUT2D eigenvalue weighted by Crippen LogP contribution is -2.23. The van der Waals surface area contributed by atoms with Gasteiger partial charge in [0.2, 0.25) is 10.0 Å². The summed E-state index contributed by atoms with van der Waals surface area (Å²) in [5.41, 5.74) is 0. The highest BCUT2D eigenvalue weighted by atomic mass is 32.2. The Labute approximate surface area is 116 Å². The molecule has 0 saturated heterocycles. The van der Waals surface area contributed by atoms with Gasteiger partial charge in [0.25, 0.3) is 0 Å². The van der Waals surface area contributed by atoms with Gasteiger partial charge in [0.1, 0.15) is 10.7 Å². The van der Waals surface area contributed by atoms with Gasteiger partial charge in [-0.3, -0.25) is 0 Å². The molecule has 2 N–H and O–H groups in total. The molecule has 0 aliphatic rings. The zero-order chi connectivity index (χ0) is 13.7. The van der Waals surface area contributed by atoms with Crippen molar-refractivity contribution in [3.63, 3.8) is 0 Å². The largest absolute Gasteiger partial charge is 0.370 e. The van der Waals surface area contributed by atoms with Crippen molar-refractivity contribution >= 4 is 27.2 Å². The number of hydrogen-bond acceptors (Lipinski definition) is 5. The van der Waals surface area contributed by atoms with Gasteiger partial charge < -0.3 is 5.32 Å². The molecule has 0 radical (unpaired) electrons. The van der Waals surface area contributed by atoms with E-state index in [2.05, 4.69) is 15.0 Å². The van der Waals surface area contributed by atoms with Crippen LogP contribution in [-0.4, -0.2) is 19.9 Å². The van der Waals surface area contributed by atoms with E-state index in [9.17, 15) is 8.42 Å². The van der Waals surface area contributed by atoms with E-state index in [1.165, 1.54) is 17.5 Å². The normalized spacial score (nSPS) is 11.4. The SMILES string of the molecule is CCNc1ccc(S(=O)(=O)NCc2cccs2)cn1. The Hall–Kier alpha value is -1.44. The monoisotopic (exact) mass is 297 g/mol. The Morgan fingerprint density at radius 2 is 2.16 bits per heavy atom. The van der Waals surface area contributed by atoms with Crippen LogP contribution in [0.25, 0.3) is 0 Å². The summed E-state index contributed by atoms with van der Waals surface area (Å²) < 4.78 is 26.6. The first kappa shape index (κ1) is 14.0. The van der Waals surface area contributed by atoms with E-state index < -0.39 is 10.0 Å². The van der Waals surface area contributed by atoms with Gasteiger partial charge in [0.15, 0.2) is 0 Å². The lowest BCUT2D eigenvalue weighted by molar-refractivity contribution is 0.581. The summed E-state index contributed by atoms with van der Waals surface area (Å²) in [6.45, 7) is 3.00. The second kappa shape index (κ2) is 6.14. The van der Waals surface area contributed by atoms with Gasteiger partial charge in [0.05, 0.1) is 0 Å². The van der Waals surface area contributed by atoms with Crippen LogP contribution in [0.1, 0.15) is 11.8 Å². The number of thiophene rings is 1. The molecular formula is C12H15N3O2S2. The number of sulfonamides is 1. The van der Waals surface area contributed by atoms with Gasteiger partial charge in [-0.15, -0.1) is 11.3 Å². The summed E-state index contributed by atoms with van der Waals surface area (Å²) >= 11 is 1.52. The number of anilines is 1. The second-order valence-electron chi connectivity index (χ2n) is 3.81. The number of hydrogen-bond donors (Lipinski definition) is 2. The molecule has 19 heavy (non-hydrogen) atoms. The van der Waals surface area contributed by atoms with Crippen LogP contribution >= 0.6 is 11.3 Å². The molecular weight excluding hydrogens is 282 g/mol. The Kier molecular flexibility index (Phi) is 4.52. The Morgan fingerprint density at radius 1 is 1.32 bits per heavy atom. The first-order valence-electron chi connectivity index (χ1n) is 5.84. The summed E-state index contributed by atoms with van der Waals surface area (Å²) in [5, 5.41) is 4.93. The molecule has 102 valence electrons. The average Bonchev–Trinajstić information content (AvgIpc) is 2.91. The van der Waals surface area contributed by atoms with Gasteiger partial charge in [0, 0.05) is 24.2 Å². The van der Waals surface area contributed by atoms with Crippen molar-refractivity contribution in [3.05, 3.63) is 40.7 Å². The molecule has 0 saturated carbocycles. The molecule has 0 spiro atoms. The first-order valence-corrected chi connectivity index (χ1v) is 8.20. The van der Waals surface area contributed by atoms with Gasteiger partial charge >= 0.3 is 0 Å². The highest BCUT2D eigenvalue weighted by Gasteiger charge is 2.14. The van der Waals surface area contributed by atoms with Crippen LogP contribution in [0.3, 0.4) is 0 Å². The fourth-order valence-electron chi connectivity index (χ4n) is 1.49. The maximum atomic E-state index is 12.0. The van der Waals surface area contributed by atoms with E-state index in [0.29, 0.717) is 12.4 Å². The van der Waals surface area contributed by atoms with Gasteiger partial charge in [-0.2, -0.15) is 0 Å². The molecule has 0 fully saturated rings. The smallest absolute Gasteiger partial charge is 0.242 e. The molecule has 7 heteroatoms. The molecule has 0 aliphatic heterocycles. The van der Waals surface area contributed by atoms with E-state index >= 15 is 0 Å². The number of rotatable bonds is 6. The van der Waals surface area contributed by atoms with Crippen LogP contribution < -0.4 is 10.0 Å². The minimum atomic E-state index is -3.50. The maximum Gasteiger partial charge on any atom is 0.242 e. The summed E-state index contributed by atoms with van der Waals surface area (Å²) in [5.74, 6) is 0.666. The molecule has 0 bridgehead atoms. The quantitative estimate of drug-likeness (QED) is 0.856. The Bertz CT molecular complexity index is 607. The fraction of sp³-hybridized carbons (Fsp3) is 0.250. The standard InChI is InChI=1S/C12H15N3O2S2/c1-2-13-12-6-5-11(9-14-12)19(16,17)15-8-10-4-3-7-18-10/h3-7,9,15H,2,8H2,1H3,(H,13,14). The van der Waals surface area contributed by atoms with Crippen LogP contribution in [0.5, 0.6) is 0 Å². The van der Waals surface area contributed by atoms with E-state index in [0.717, 1.165) is 11.4 Å². The van der Waals surface area contributed by atoms with Gasteiger partial charge in [-0.1, -0.05) is 6.07 Å². The number of nitrogens with one attached hydrogen (secondary N) is 2. The minimum absolute atomic E-state index is 0.172. The predicted molar refractivity (Wildman–Crippen MR) is 76.7 cm³/mol. The van der Waals surface area contributed by atoms with Gasteiger partial charge in [-0.05, 0) is 30.5 Å². The summed E-state index contributed by atoms with van der Waals surface area (Å²) in [4.78, 5) is 5.20. The van der Waals surface area contributed by atoms with Crippen molar-refractivity contribution < 1.29 is 8.42 Å². The molecule has 0 atom stereocenters. The zero-order valence-electron chi connectivity index (χ0n) is 10.5. The van der Waals surface area contributed by atoms with Crippen LogP contribution in [0, 0.1) is 0 Å². The molecule has 0 aromatic carbocycles. The predicted octanol–water partition coefficient (Wildman–Crippen LogP) is 2.05. The molecule has 2 rings (SSSR count). The Balaban J connectivity index is 2.06. The van der Waals surface area contributed by atoms with E-state index in [4.69, 9.17) is 0 Å². The third kappa shape index (κ3) is 3.76. The molecule has 0 aliphatic carbocycles. The summed E-state index contributed by atoms with van der Waals surface area (Å²) in [6.07, 6.45) is 1.36. The second-order valence-corrected chi connectivity index (χ2v) is 6.61. The van der Waals surface area contributed by atoms with E-state index in [1.54, 1.807) is 12.1 Å². The summed E-state index contributed by atoms with van der Waals surface area (Å²) in [6, 6.07) is 6.98. The van der Waals surface area contributed by atoms with Crippen molar-refractivity contribution in [3.8, 4) is 0 Å². The van der Waals surface area contributed by atoms with Gasteiger partial charge in [-0.25, -0.2) is 18.1 Å². The maximum absolute atomic E-state index is 12.0. The molecule has 5 nitrogen and oxygen atoms in total. The van der Waals surface area contributed by atoms with Crippen LogP contribution in [0.15, 0.2) is 40.7 Å². The van der Waals surface area contributed by atoms with Crippen molar-refractivity contribution in [2.75, 3.05) is 11.9 Å². The first-order chi connectivity index (χ1) is 9.12. The topological polar surface area (TPSA) is 71.1 Å². The van der Waals surface area contributed by atoms with Crippen molar-refractivity contribution in [1.29, 1.82) is 0 Å². The molecule has 0 amide bonds. The van der Waals surface area contributed by atoms with Crippen LogP contribution in [0.4, 0.5) is 5.82 Å². The number of aromatic nitrogens is 1. The minimum Gasteiger partial charge on any atom is -0.370 e. The fourth-order valence-corrected chi connectivity index (χ4v) is 3.17. The molecule has 2 heterocycles. The van der Waals surface area contributed by atoms with E-state index in [-0.39, 0.29) is 4.90 Å². The lowest BCUT2D eigenvalue weighted by atomic mass is 10.4. The van der Waals surface area contributed by atoms with Crippen LogP contribution in [0.2, 0.25) is 0 Å². The lowest BCUT2D eigenvalue weighted by Gasteiger charge is -2.06. The third-order valence-electron chi connectivity index (χ3n) is 2.42.